The SMILES string of the molecule is CCNC(=NCCc1ccc2c(c1)OCO2)NCCNC(=O)C(C)(C)C.I. The van der Waals surface area contributed by atoms with Gasteiger partial charge in [-0.3, -0.25) is 9.79 Å². The van der Waals surface area contributed by atoms with Crippen LogP contribution in [0.4, 0.5) is 0 Å². The third kappa shape index (κ3) is 7.82. The number of aliphatic imine (C=N–C) groups is 1. The molecule has 1 amide bonds. The van der Waals surface area contributed by atoms with Gasteiger partial charge in [0.1, 0.15) is 0 Å². The lowest BCUT2D eigenvalue weighted by Crippen LogP contribution is -2.43. The summed E-state index contributed by atoms with van der Waals surface area (Å²) >= 11 is 0. The zero-order valence-corrected chi connectivity index (χ0v) is 18.9. The predicted molar refractivity (Wildman–Crippen MR) is 118 cm³/mol. The van der Waals surface area contributed by atoms with Crippen molar-refractivity contribution < 1.29 is 14.3 Å². The summed E-state index contributed by atoms with van der Waals surface area (Å²) in [7, 11) is 0. The van der Waals surface area contributed by atoms with E-state index in [4.69, 9.17) is 9.47 Å². The number of hydrogen-bond acceptors (Lipinski definition) is 4. The van der Waals surface area contributed by atoms with E-state index in [9.17, 15) is 4.79 Å². The molecule has 0 radical (unpaired) electrons. The van der Waals surface area contributed by atoms with Crippen LogP contribution < -0.4 is 25.4 Å². The van der Waals surface area contributed by atoms with Crippen LogP contribution in [0.3, 0.4) is 0 Å². The monoisotopic (exact) mass is 490 g/mol. The fourth-order valence-electron chi connectivity index (χ4n) is 2.36. The Morgan fingerprint density at radius 3 is 2.52 bits per heavy atom. The third-order valence-electron chi connectivity index (χ3n) is 3.84. The highest BCUT2D eigenvalue weighted by Gasteiger charge is 2.20. The first-order valence-corrected chi connectivity index (χ1v) is 9.09. The van der Waals surface area contributed by atoms with E-state index in [-0.39, 0.29) is 42.1 Å². The van der Waals surface area contributed by atoms with E-state index < -0.39 is 0 Å². The van der Waals surface area contributed by atoms with Crippen LogP contribution in [0.5, 0.6) is 11.5 Å². The fourth-order valence-corrected chi connectivity index (χ4v) is 2.36. The topological polar surface area (TPSA) is 84.0 Å². The molecule has 0 spiro atoms. The van der Waals surface area contributed by atoms with Gasteiger partial charge in [-0.1, -0.05) is 26.8 Å². The Hall–Kier alpha value is -1.71. The number of fused-ring (bicyclic) bond motifs is 1. The smallest absolute Gasteiger partial charge is 0.231 e. The molecule has 8 heteroatoms. The van der Waals surface area contributed by atoms with Crippen molar-refractivity contribution in [3.05, 3.63) is 23.8 Å². The first-order chi connectivity index (χ1) is 12.4. The number of carbonyl (C=O) groups excluding carboxylic acids is 1. The summed E-state index contributed by atoms with van der Waals surface area (Å²) in [4.78, 5) is 16.4. The molecule has 0 atom stereocenters. The summed E-state index contributed by atoms with van der Waals surface area (Å²) in [6.07, 6.45) is 0.813. The number of rotatable bonds is 7. The average Bonchev–Trinajstić information content (AvgIpc) is 3.05. The Morgan fingerprint density at radius 1 is 1.11 bits per heavy atom. The molecule has 7 nitrogen and oxygen atoms in total. The number of amides is 1. The summed E-state index contributed by atoms with van der Waals surface area (Å²) in [6, 6.07) is 5.97. The van der Waals surface area contributed by atoms with Crippen LogP contribution in [-0.4, -0.2) is 44.8 Å². The maximum Gasteiger partial charge on any atom is 0.231 e. The highest BCUT2D eigenvalue weighted by Crippen LogP contribution is 2.32. The van der Waals surface area contributed by atoms with E-state index >= 15 is 0 Å². The Balaban J connectivity index is 0.00000364. The van der Waals surface area contributed by atoms with Crippen LogP contribution in [0.15, 0.2) is 23.2 Å². The Bertz CT molecular complexity index is 644. The minimum atomic E-state index is -0.372. The minimum absolute atomic E-state index is 0. The van der Waals surface area contributed by atoms with Crippen LogP contribution in [0.1, 0.15) is 33.3 Å². The Labute approximate surface area is 178 Å². The molecule has 0 fully saturated rings. The number of ether oxygens (including phenoxy) is 2. The third-order valence-corrected chi connectivity index (χ3v) is 3.84. The van der Waals surface area contributed by atoms with E-state index in [0.717, 1.165) is 36.0 Å². The van der Waals surface area contributed by atoms with Crippen LogP contribution in [-0.2, 0) is 11.2 Å². The number of benzene rings is 1. The van der Waals surface area contributed by atoms with Crippen molar-refractivity contribution in [1.29, 1.82) is 0 Å². The standard InChI is InChI=1S/C19H30N4O3.HI/c1-5-20-18(23-11-10-21-17(24)19(2,3)4)22-9-8-14-6-7-15-16(12-14)26-13-25-15;/h6-7,12H,5,8-11,13H2,1-4H3,(H,21,24)(H2,20,22,23);1H. The Morgan fingerprint density at radius 2 is 1.81 bits per heavy atom. The second-order valence-electron chi connectivity index (χ2n) is 7.13. The summed E-state index contributed by atoms with van der Waals surface area (Å²) in [5.41, 5.74) is 0.787. The molecule has 0 saturated carbocycles. The maximum absolute atomic E-state index is 11.8. The molecular weight excluding hydrogens is 459 g/mol. The lowest BCUT2D eigenvalue weighted by atomic mass is 9.96. The number of halogens is 1. The first kappa shape index (κ1) is 23.3. The van der Waals surface area contributed by atoms with E-state index in [1.165, 1.54) is 0 Å². The van der Waals surface area contributed by atoms with Crippen molar-refractivity contribution in [2.45, 2.75) is 34.1 Å². The van der Waals surface area contributed by atoms with Gasteiger partial charge in [-0.15, -0.1) is 24.0 Å². The fraction of sp³-hybridized carbons (Fsp3) is 0.579. The number of nitrogens with zero attached hydrogens (tertiary/aromatic N) is 1. The summed E-state index contributed by atoms with van der Waals surface area (Å²) in [6.45, 7) is 10.6. The van der Waals surface area contributed by atoms with Gasteiger partial charge < -0.3 is 25.4 Å². The molecule has 0 aliphatic carbocycles. The predicted octanol–water partition coefficient (Wildman–Crippen LogP) is 2.29. The largest absolute Gasteiger partial charge is 0.454 e. The molecule has 27 heavy (non-hydrogen) atoms. The zero-order chi connectivity index (χ0) is 19.0. The van der Waals surface area contributed by atoms with Crippen molar-refractivity contribution in [1.82, 2.24) is 16.0 Å². The molecule has 0 unspecified atom stereocenters. The van der Waals surface area contributed by atoms with Gasteiger partial charge in [-0.25, -0.2) is 0 Å². The normalized spacial score (nSPS) is 13.0. The first-order valence-electron chi connectivity index (χ1n) is 9.09. The second kappa shape index (κ2) is 11.2. The summed E-state index contributed by atoms with van der Waals surface area (Å²) < 4.78 is 10.7. The quantitative estimate of drug-likeness (QED) is 0.237. The van der Waals surface area contributed by atoms with Crippen LogP contribution in [0.25, 0.3) is 0 Å². The van der Waals surface area contributed by atoms with Crippen molar-refractivity contribution in [3.8, 4) is 11.5 Å². The van der Waals surface area contributed by atoms with Crippen LogP contribution >= 0.6 is 24.0 Å². The second-order valence-corrected chi connectivity index (χ2v) is 7.13. The molecule has 152 valence electrons. The number of carbonyl (C=O) groups is 1. The molecule has 0 bridgehead atoms. The molecule has 0 aromatic heterocycles. The van der Waals surface area contributed by atoms with Gasteiger partial charge in [-0.05, 0) is 31.0 Å². The molecule has 1 aliphatic rings. The number of nitrogens with one attached hydrogen (secondary N) is 3. The minimum Gasteiger partial charge on any atom is -0.454 e. The van der Waals surface area contributed by atoms with E-state index in [1.54, 1.807) is 0 Å². The summed E-state index contributed by atoms with van der Waals surface area (Å²) in [5.74, 6) is 2.39. The highest BCUT2D eigenvalue weighted by atomic mass is 127. The molecule has 1 aliphatic heterocycles. The maximum atomic E-state index is 11.8. The van der Waals surface area contributed by atoms with E-state index in [2.05, 4.69) is 20.9 Å². The van der Waals surface area contributed by atoms with Crippen molar-refractivity contribution >= 4 is 35.8 Å². The van der Waals surface area contributed by atoms with Crippen molar-refractivity contribution in [3.63, 3.8) is 0 Å². The van der Waals surface area contributed by atoms with E-state index in [0.29, 0.717) is 19.6 Å². The van der Waals surface area contributed by atoms with Crippen molar-refractivity contribution in [2.24, 2.45) is 10.4 Å². The van der Waals surface area contributed by atoms with Gasteiger partial charge in [0.25, 0.3) is 0 Å². The van der Waals surface area contributed by atoms with Crippen LogP contribution in [0.2, 0.25) is 0 Å². The molecule has 1 heterocycles. The van der Waals surface area contributed by atoms with Crippen molar-refractivity contribution in [2.75, 3.05) is 33.0 Å². The molecule has 1 aromatic rings. The molecule has 0 saturated heterocycles. The number of hydrogen-bond donors (Lipinski definition) is 3. The van der Waals surface area contributed by atoms with Gasteiger partial charge >= 0.3 is 0 Å². The highest BCUT2D eigenvalue weighted by molar-refractivity contribution is 14.0. The lowest BCUT2D eigenvalue weighted by molar-refractivity contribution is -0.128. The van der Waals surface area contributed by atoms with Crippen LogP contribution in [0, 0.1) is 5.41 Å². The van der Waals surface area contributed by atoms with Gasteiger partial charge in [0.15, 0.2) is 17.5 Å². The molecular formula is C19H31IN4O3. The van der Waals surface area contributed by atoms with Gasteiger partial charge in [-0.2, -0.15) is 0 Å². The molecule has 3 N–H and O–H groups in total. The molecule has 1 aromatic carbocycles. The molecule has 2 rings (SSSR count). The lowest BCUT2D eigenvalue weighted by Gasteiger charge is -2.18. The van der Waals surface area contributed by atoms with E-state index in [1.807, 2.05) is 45.9 Å². The average molecular weight is 490 g/mol. The summed E-state index contributed by atoms with van der Waals surface area (Å²) in [5, 5.41) is 9.36. The van der Waals surface area contributed by atoms with Gasteiger partial charge in [0, 0.05) is 31.6 Å². The van der Waals surface area contributed by atoms with Gasteiger partial charge in [0.05, 0.1) is 0 Å². The van der Waals surface area contributed by atoms with Gasteiger partial charge in [0.2, 0.25) is 12.7 Å². The zero-order valence-electron chi connectivity index (χ0n) is 16.6. The number of guanidine groups is 1. The Kier molecular flexibility index (Phi) is 9.68.